The Labute approximate surface area is 83.2 Å². The van der Waals surface area contributed by atoms with Crippen molar-refractivity contribution in [2.24, 2.45) is 0 Å². The maximum absolute atomic E-state index is 10.9. The first-order valence-corrected chi connectivity index (χ1v) is 4.49. The lowest BCUT2D eigenvalue weighted by molar-refractivity contribution is -0.133. The van der Waals surface area contributed by atoms with Gasteiger partial charge in [0.05, 0.1) is 0 Å². The van der Waals surface area contributed by atoms with Crippen LogP contribution in [0.15, 0.2) is 0 Å². The summed E-state index contributed by atoms with van der Waals surface area (Å²) in [6.45, 7) is 2.47. The van der Waals surface area contributed by atoms with Crippen molar-refractivity contribution in [1.29, 1.82) is 0 Å². The summed E-state index contributed by atoms with van der Waals surface area (Å²) < 4.78 is 0. The first kappa shape index (κ1) is 12.9. The highest BCUT2D eigenvalue weighted by Gasteiger charge is 2.02. The van der Waals surface area contributed by atoms with Crippen LogP contribution in [0.5, 0.6) is 0 Å². The molecule has 0 aromatic heterocycles. The molecule has 0 rings (SSSR count). The van der Waals surface area contributed by atoms with Crippen molar-refractivity contribution in [3.8, 4) is 0 Å². The Morgan fingerprint density at radius 2 is 1.71 bits per heavy atom. The summed E-state index contributed by atoms with van der Waals surface area (Å²) in [5.74, 6) is -0.320. The Morgan fingerprint density at radius 3 is 2.14 bits per heavy atom. The molecule has 2 amide bonds. The second-order valence-corrected chi connectivity index (χ2v) is 2.87. The first-order valence-electron chi connectivity index (χ1n) is 4.49. The number of rotatable bonds is 6. The third-order valence-electron chi connectivity index (χ3n) is 1.46. The van der Waals surface area contributed by atoms with E-state index in [1.54, 1.807) is 6.92 Å². The molecule has 0 aromatic carbocycles. The van der Waals surface area contributed by atoms with Crippen LogP contribution in [0.4, 0.5) is 0 Å². The van der Waals surface area contributed by atoms with Gasteiger partial charge in [-0.2, -0.15) is 5.06 Å². The highest BCUT2D eigenvalue weighted by atomic mass is 16.5. The Bertz CT molecular complexity index is 194. The van der Waals surface area contributed by atoms with E-state index in [2.05, 4.69) is 10.6 Å². The predicted molar refractivity (Wildman–Crippen MR) is 50.7 cm³/mol. The second-order valence-electron chi connectivity index (χ2n) is 2.87. The van der Waals surface area contributed by atoms with Gasteiger partial charge in [-0.25, -0.2) is 0 Å². The first-order chi connectivity index (χ1) is 6.56. The third kappa shape index (κ3) is 7.51. The van der Waals surface area contributed by atoms with E-state index in [0.717, 1.165) is 5.06 Å². The van der Waals surface area contributed by atoms with Crippen LogP contribution in [0.25, 0.3) is 0 Å². The standard InChI is InChI=1S/C8H17N3O3/c1-3-7(12)9-4-5-10-8(13)6-11(2)14/h14H,3-6H2,1-2H3,(H,9,12)(H,10,13). The van der Waals surface area contributed by atoms with Crippen molar-refractivity contribution in [3.63, 3.8) is 0 Å². The lowest BCUT2D eigenvalue weighted by Gasteiger charge is -2.09. The van der Waals surface area contributed by atoms with Gasteiger partial charge in [0.2, 0.25) is 11.8 Å². The minimum atomic E-state index is -0.277. The summed E-state index contributed by atoms with van der Waals surface area (Å²) in [4.78, 5) is 21.7. The molecule has 6 heteroatoms. The number of hydrogen-bond donors (Lipinski definition) is 3. The molecule has 14 heavy (non-hydrogen) atoms. The fourth-order valence-electron chi connectivity index (χ4n) is 0.793. The number of nitrogens with zero attached hydrogens (tertiary/aromatic N) is 1. The molecule has 0 aliphatic heterocycles. The van der Waals surface area contributed by atoms with Crippen molar-refractivity contribution in [2.75, 3.05) is 26.7 Å². The minimum Gasteiger partial charge on any atom is -0.354 e. The van der Waals surface area contributed by atoms with Gasteiger partial charge in [0, 0.05) is 26.6 Å². The Hall–Kier alpha value is -1.14. The summed E-state index contributed by atoms with van der Waals surface area (Å²) in [6.07, 6.45) is 0.438. The maximum Gasteiger partial charge on any atom is 0.236 e. The normalized spacial score (nSPS) is 10.0. The van der Waals surface area contributed by atoms with Crippen LogP contribution in [0.2, 0.25) is 0 Å². The molecular weight excluding hydrogens is 186 g/mol. The molecule has 0 heterocycles. The molecule has 0 saturated carbocycles. The molecule has 0 aliphatic rings. The average molecular weight is 203 g/mol. The highest BCUT2D eigenvalue weighted by Crippen LogP contribution is 1.75. The van der Waals surface area contributed by atoms with Gasteiger partial charge in [-0.3, -0.25) is 9.59 Å². The molecule has 82 valence electrons. The lowest BCUT2D eigenvalue weighted by atomic mass is 10.4. The van der Waals surface area contributed by atoms with Crippen molar-refractivity contribution in [2.45, 2.75) is 13.3 Å². The summed E-state index contributed by atoms with van der Waals surface area (Å²) in [7, 11) is 1.39. The fourth-order valence-corrected chi connectivity index (χ4v) is 0.793. The van der Waals surface area contributed by atoms with E-state index >= 15 is 0 Å². The molecule has 0 aromatic rings. The molecule has 0 spiro atoms. The third-order valence-corrected chi connectivity index (χ3v) is 1.46. The Kier molecular flexibility index (Phi) is 6.69. The van der Waals surface area contributed by atoms with Crippen LogP contribution in [0.3, 0.4) is 0 Å². The Balaban J connectivity index is 3.36. The predicted octanol–water partition coefficient (Wildman–Crippen LogP) is -1.05. The molecule has 0 aliphatic carbocycles. The van der Waals surface area contributed by atoms with Gasteiger partial charge in [0.25, 0.3) is 0 Å². The molecular formula is C8H17N3O3. The topological polar surface area (TPSA) is 81.7 Å². The van der Waals surface area contributed by atoms with Crippen LogP contribution in [0, 0.1) is 0 Å². The monoisotopic (exact) mass is 203 g/mol. The van der Waals surface area contributed by atoms with Gasteiger partial charge in [0.1, 0.15) is 6.54 Å². The summed E-state index contributed by atoms with van der Waals surface area (Å²) in [6, 6.07) is 0. The molecule has 0 atom stereocenters. The van der Waals surface area contributed by atoms with E-state index in [9.17, 15) is 9.59 Å². The minimum absolute atomic E-state index is 0.0430. The molecule has 0 unspecified atom stereocenters. The smallest absolute Gasteiger partial charge is 0.236 e. The van der Waals surface area contributed by atoms with E-state index < -0.39 is 0 Å². The van der Waals surface area contributed by atoms with Gasteiger partial charge in [0.15, 0.2) is 0 Å². The number of carbonyl (C=O) groups is 2. The van der Waals surface area contributed by atoms with Crippen LogP contribution in [-0.4, -0.2) is 48.8 Å². The summed E-state index contributed by atoms with van der Waals surface area (Å²) in [5, 5.41) is 14.6. The number of amides is 2. The zero-order chi connectivity index (χ0) is 11.0. The van der Waals surface area contributed by atoms with Gasteiger partial charge in [-0.05, 0) is 0 Å². The largest absolute Gasteiger partial charge is 0.354 e. The highest BCUT2D eigenvalue weighted by molar-refractivity contribution is 5.78. The van der Waals surface area contributed by atoms with Crippen LogP contribution in [-0.2, 0) is 9.59 Å². The van der Waals surface area contributed by atoms with Gasteiger partial charge in [-0.1, -0.05) is 6.92 Å². The van der Waals surface area contributed by atoms with E-state index in [0.29, 0.717) is 19.5 Å². The van der Waals surface area contributed by atoms with Crippen LogP contribution >= 0.6 is 0 Å². The molecule has 0 bridgehead atoms. The molecule has 0 saturated heterocycles. The number of hydroxylamine groups is 2. The lowest BCUT2D eigenvalue weighted by Crippen LogP contribution is -2.38. The van der Waals surface area contributed by atoms with Gasteiger partial charge >= 0.3 is 0 Å². The molecule has 0 radical (unpaired) electrons. The number of hydrogen-bond acceptors (Lipinski definition) is 4. The summed E-state index contributed by atoms with van der Waals surface area (Å²) in [5.41, 5.74) is 0. The SMILES string of the molecule is CCC(=O)NCCNC(=O)CN(C)O. The van der Waals surface area contributed by atoms with Crippen molar-refractivity contribution in [1.82, 2.24) is 15.7 Å². The fraction of sp³-hybridized carbons (Fsp3) is 0.750. The van der Waals surface area contributed by atoms with E-state index in [-0.39, 0.29) is 18.4 Å². The maximum atomic E-state index is 10.9. The van der Waals surface area contributed by atoms with Crippen molar-refractivity contribution in [3.05, 3.63) is 0 Å². The summed E-state index contributed by atoms with van der Waals surface area (Å²) >= 11 is 0. The zero-order valence-electron chi connectivity index (χ0n) is 8.54. The molecule has 3 N–H and O–H groups in total. The second kappa shape index (κ2) is 7.28. The van der Waals surface area contributed by atoms with Crippen LogP contribution in [0.1, 0.15) is 13.3 Å². The zero-order valence-corrected chi connectivity index (χ0v) is 8.54. The van der Waals surface area contributed by atoms with Crippen LogP contribution < -0.4 is 10.6 Å². The average Bonchev–Trinajstić information content (AvgIpc) is 2.10. The quantitative estimate of drug-likeness (QED) is 0.380. The van der Waals surface area contributed by atoms with E-state index in [1.165, 1.54) is 7.05 Å². The number of carbonyl (C=O) groups excluding carboxylic acids is 2. The molecule has 0 fully saturated rings. The van der Waals surface area contributed by atoms with Gasteiger partial charge < -0.3 is 15.8 Å². The number of likely N-dealkylation sites (N-methyl/N-ethyl adjacent to an activating group) is 1. The number of nitrogens with one attached hydrogen (secondary N) is 2. The Morgan fingerprint density at radius 1 is 1.21 bits per heavy atom. The van der Waals surface area contributed by atoms with Crippen molar-refractivity contribution < 1.29 is 14.8 Å². The van der Waals surface area contributed by atoms with Gasteiger partial charge in [-0.15, -0.1) is 0 Å². The van der Waals surface area contributed by atoms with E-state index in [4.69, 9.17) is 5.21 Å². The van der Waals surface area contributed by atoms with E-state index in [1.807, 2.05) is 0 Å². The molecule has 6 nitrogen and oxygen atoms in total. The van der Waals surface area contributed by atoms with Crippen molar-refractivity contribution >= 4 is 11.8 Å².